The summed E-state index contributed by atoms with van der Waals surface area (Å²) >= 11 is 0. The molecule has 0 fully saturated rings. The topological polar surface area (TPSA) is 47.4 Å². The number of amides is 1. The van der Waals surface area contributed by atoms with Gasteiger partial charge >= 0.3 is 6.61 Å². The van der Waals surface area contributed by atoms with Gasteiger partial charge in [-0.1, -0.05) is 26.0 Å². The molecule has 2 unspecified atom stereocenters. The number of rotatable bonds is 2. The van der Waals surface area contributed by atoms with Crippen LogP contribution < -0.4 is 4.74 Å². The van der Waals surface area contributed by atoms with Gasteiger partial charge in [0.2, 0.25) is 0 Å². The third kappa shape index (κ3) is 2.87. The van der Waals surface area contributed by atoms with Crippen molar-refractivity contribution in [2.75, 3.05) is 7.05 Å². The average Bonchev–Trinajstić information content (AvgIpc) is 3.22. The Morgan fingerprint density at radius 2 is 1.93 bits per heavy atom. The van der Waals surface area contributed by atoms with Crippen molar-refractivity contribution in [2.24, 2.45) is 0 Å². The minimum atomic E-state index is -2.95. The maximum absolute atomic E-state index is 13.0. The van der Waals surface area contributed by atoms with Gasteiger partial charge in [0.05, 0.1) is 23.1 Å². The van der Waals surface area contributed by atoms with E-state index in [1.54, 1.807) is 24.1 Å². The number of carbonyl (C=O) groups is 1. The maximum atomic E-state index is 13.0. The number of carbonyl (C=O) groups excluding carboxylic acids is 1. The minimum absolute atomic E-state index is 0.0530. The van der Waals surface area contributed by atoms with Gasteiger partial charge in [0.1, 0.15) is 11.6 Å². The zero-order chi connectivity index (χ0) is 20.9. The Morgan fingerprint density at radius 3 is 2.66 bits per heavy atom. The molecule has 2 bridgehead atoms. The highest BCUT2D eigenvalue weighted by Crippen LogP contribution is 2.49. The molecule has 3 aromatic rings. The van der Waals surface area contributed by atoms with Gasteiger partial charge in [0.25, 0.3) is 5.91 Å². The predicted octanol–water partition coefficient (Wildman–Crippen LogP) is 5.09. The van der Waals surface area contributed by atoms with Crippen molar-refractivity contribution in [1.29, 1.82) is 0 Å². The highest BCUT2D eigenvalue weighted by atomic mass is 19.3. The first-order valence-electron chi connectivity index (χ1n) is 9.79. The van der Waals surface area contributed by atoms with Crippen molar-refractivity contribution in [1.82, 2.24) is 14.5 Å². The Labute approximate surface area is 167 Å². The number of benzene rings is 2. The Morgan fingerprint density at radius 1 is 1.17 bits per heavy atom. The number of ether oxygens (including phenoxy) is 1. The minimum Gasteiger partial charge on any atom is -0.434 e. The molecule has 2 aliphatic rings. The normalized spacial score (nSPS) is 19.6. The van der Waals surface area contributed by atoms with Crippen LogP contribution in [0.5, 0.6) is 5.75 Å². The molecule has 5 rings (SSSR count). The van der Waals surface area contributed by atoms with Crippen LogP contribution in [0.15, 0.2) is 36.4 Å². The van der Waals surface area contributed by atoms with Crippen LogP contribution in [0.2, 0.25) is 0 Å². The van der Waals surface area contributed by atoms with E-state index in [1.165, 1.54) is 6.07 Å². The molecule has 3 heterocycles. The molecular formula is C22H23F2N3O2. The van der Waals surface area contributed by atoms with Gasteiger partial charge < -0.3 is 14.2 Å². The molecule has 0 saturated heterocycles. The highest BCUT2D eigenvalue weighted by Gasteiger charge is 2.44. The first-order chi connectivity index (χ1) is 14.0. The Balaban J connectivity index is 0.000000994. The lowest BCUT2D eigenvalue weighted by Gasteiger charge is -2.24. The third-order valence-corrected chi connectivity index (χ3v) is 5.56. The van der Waals surface area contributed by atoms with Crippen molar-refractivity contribution in [3.05, 3.63) is 58.9 Å². The van der Waals surface area contributed by atoms with Crippen molar-refractivity contribution in [3.8, 4) is 5.75 Å². The van der Waals surface area contributed by atoms with E-state index >= 15 is 0 Å². The van der Waals surface area contributed by atoms with Crippen LogP contribution in [-0.2, 0) is 0 Å². The van der Waals surface area contributed by atoms with Crippen molar-refractivity contribution < 1.29 is 18.3 Å². The number of aromatic nitrogens is 2. The molecule has 1 amide bonds. The van der Waals surface area contributed by atoms with Gasteiger partial charge in [-0.3, -0.25) is 4.79 Å². The second kappa shape index (κ2) is 7.13. The van der Waals surface area contributed by atoms with Crippen molar-refractivity contribution in [2.45, 2.75) is 45.9 Å². The molecular weight excluding hydrogens is 376 g/mol. The zero-order valence-corrected chi connectivity index (χ0v) is 16.8. The van der Waals surface area contributed by atoms with E-state index in [4.69, 9.17) is 9.72 Å². The number of fused-ring (bicyclic) bond motifs is 9. The van der Waals surface area contributed by atoms with E-state index in [2.05, 4.69) is 4.57 Å². The molecule has 1 aromatic heterocycles. The monoisotopic (exact) mass is 399 g/mol. The Bertz CT molecular complexity index is 1090. The Hall–Kier alpha value is -2.96. The highest BCUT2D eigenvalue weighted by molar-refractivity contribution is 5.97. The van der Waals surface area contributed by atoms with Crippen molar-refractivity contribution in [3.63, 3.8) is 0 Å². The molecule has 0 radical (unpaired) electrons. The van der Waals surface area contributed by atoms with Gasteiger partial charge in [0.15, 0.2) is 0 Å². The summed E-state index contributed by atoms with van der Waals surface area (Å²) in [5.74, 6) is 0.637. The van der Waals surface area contributed by atoms with Crippen LogP contribution in [0.25, 0.3) is 11.0 Å². The quantitative estimate of drug-likeness (QED) is 0.603. The summed E-state index contributed by atoms with van der Waals surface area (Å²) < 4.78 is 32.9. The summed E-state index contributed by atoms with van der Waals surface area (Å²) in [6.45, 7) is 3.05. The molecule has 0 N–H and O–H groups in total. The summed E-state index contributed by atoms with van der Waals surface area (Å²) in [5.41, 5.74) is 3.78. The first-order valence-corrected chi connectivity index (χ1v) is 9.79. The van der Waals surface area contributed by atoms with Crippen LogP contribution in [0.4, 0.5) is 8.78 Å². The lowest BCUT2D eigenvalue weighted by Crippen LogP contribution is -2.30. The maximum Gasteiger partial charge on any atom is 0.387 e. The van der Waals surface area contributed by atoms with E-state index in [1.807, 2.05) is 39.0 Å². The fourth-order valence-electron chi connectivity index (χ4n) is 4.39. The molecule has 2 atom stereocenters. The summed E-state index contributed by atoms with van der Waals surface area (Å²) in [7, 11) is 1.74. The largest absolute Gasteiger partial charge is 0.434 e. The average molecular weight is 399 g/mol. The van der Waals surface area contributed by atoms with Crippen molar-refractivity contribution >= 4 is 16.9 Å². The molecule has 152 valence electrons. The smallest absolute Gasteiger partial charge is 0.387 e. The molecule has 0 spiro atoms. The van der Waals surface area contributed by atoms with Crippen LogP contribution in [-0.4, -0.2) is 34.0 Å². The number of hydrogen-bond acceptors (Lipinski definition) is 3. The van der Waals surface area contributed by atoms with Gasteiger partial charge in [-0.25, -0.2) is 4.98 Å². The number of aryl methyl sites for hydroxylation is 1. The number of imidazole rings is 1. The van der Waals surface area contributed by atoms with E-state index in [0.29, 0.717) is 17.5 Å². The van der Waals surface area contributed by atoms with E-state index in [-0.39, 0.29) is 23.7 Å². The second-order valence-electron chi connectivity index (χ2n) is 7.11. The van der Waals surface area contributed by atoms with E-state index in [0.717, 1.165) is 22.4 Å². The number of halogens is 2. The lowest BCUT2D eigenvalue weighted by molar-refractivity contribution is -0.0507. The fourth-order valence-corrected chi connectivity index (χ4v) is 4.39. The van der Waals surface area contributed by atoms with Gasteiger partial charge in [-0.15, -0.1) is 0 Å². The number of alkyl halides is 2. The molecule has 29 heavy (non-hydrogen) atoms. The molecule has 0 aliphatic carbocycles. The lowest BCUT2D eigenvalue weighted by atomic mass is 9.97. The summed E-state index contributed by atoms with van der Waals surface area (Å²) in [6, 6.07) is 10.3. The zero-order valence-electron chi connectivity index (χ0n) is 16.8. The predicted molar refractivity (Wildman–Crippen MR) is 106 cm³/mol. The van der Waals surface area contributed by atoms with E-state index < -0.39 is 6.61 Å². The molecule has 5 nitrogen and oxygen atoms in total. The second-order valence-corrected chi connectivity index (χ2v) is 7.11. The van der Waals surface area contributed by atoms with E-state index in [9.17, 15) is 13.6 Å². The summed E-state index contributed by atoms with van der Waals surface area (Å²) in [4.78, 5) is 19.4. The first kappa shape index (κ1) is 19.4. The van der Waals surface area contributed by atoms with Crippen LogP contribution in [0.3, 0.4) is 0 Å². The summed E-state index contributed by atoms with van der Waals surface area (Å²) in [6.07, 6.45) is 0.588. The van der Waals surface area contributed by atoms with Crippen LogP contribution in [0.1, 0.15) is 59.7 Å². The van der Waals surface area contributed by atoms with Gasteiger partial charge in [-0.2, -0.15) is 8.78 Å². The number of hydrogen-bond donors (Lipinski definition) is 0. The standard InChI is InChI=1S/C20H17F2N3O2.C2H6/c1-10-6-7-12-13(8-10)25-14-9-15(18(25)23-12)24(2)19(26)11-4-3-5-16(17(11)14)27-20(21)22;1-2/h3-8,14-15,20H,9H2,1-2H3;1-2H3. The molecule has 2 aromatic carbocycles. The summed E-state index contributed by atoms with van der Waals surface area (Å²) in [5, 5.41) is 0. The molecule has 7 heteroatoms. The van der Waals surface area contributed by atoms with Gasteiger partial charge in [0, 0.05) is 24.6 Å². The molecule has 2 aliphatic heterocycles. The SMILES string of the molecule is CC.Cc1ccc2nc3n(c2c1)C1CC3N(C)C(=O)c2cccc(OC(F)F)c21. The third-order valence-electron chi connectivity index (χ3n) is 5.56. The number of nitrogens with zero attached hydrogens (tertiary/aromatic N) is 3. The molecule has 0 saturated carbocycles. The van der Waals surface area contributed by atoms with Crippen LogP contribution in [0, 0.1) is 6.92 Å². The van der Waals surface area contributed by atoms with Gasteiger partial charge in [-0.05, 0) is 36.8 Å². The van der Waals surface area contributed by atoms with Crippen LogP contribution >= 0.6 is 0 Å². The Kier molecular flexibility index (Phi) is 4.76. The fraction of sp³-hybridized carbons (Fsp3) is 0.364.